The number of nitrogens with one attached hydrogen (secondary N) is 2. The Hall–Kier alpha value is -1.97. The van der Waals surface area contributed by atoms with Crippen molar-refractivity contribution in [2.45, 2.75) is 20.4 Å². The van der Waals surface area contributed by atoms with Crippen LogP contribution in [0.4, 0.5) is 5.69 Å². The van der Waals surface area contributed by atoms with Crippen LogP contribution in [0, 0.1) is 13.8 Å². The zero-order valence-electron chi connectivity index (χ0n) is 13.6. The van der Waals surface area contributed by atoms with Crippen LogP contribution in [-0.4, -0.2) is 30.4 Å². The Morgan fingerprint density at radius 2 is 1.96 bits per heavy atom. The lowest BCUT2D eigenvalue weighted by Crippen LogP contribution is -2.22. The van der Waals surface area contributed by atoms with E-state index in [1.165, 1.54) is 0 Å². The van der Waals surface area contributed by atoms with Crippen molar-refractivity contribution in [3.8, 4) is 11.5 Å². The number of rotatable bonds is 5. The van der Waals surface area contributed by atoms with Gasteiger partial charge in [0.05, 0.1) is 26.5 Å². The highest BCUT2D eigenvalue weighted by Crippen LogP contribution is 2.29. The molecule has 2 rings (SSSR count). The van der Waals surface area contributed by atoms with Gasteiger partial charge in [-0.3, -0.25) is 5.10 Å². The van der Waals surface area contributed by atoms with Crippen molar-refractivity contribution in [3.05, 3.63) is 35.2 Å². The van der Waals surface area contributed by atoms with Gasteiger partial charge in [0.1, 0.15) is 0 Å². The van der Waals surface area contributed by atoms with Gasteiger partial charge in [-0.1, -0.05) is 0 Å². The smallest absolute Gasteiger partial charge is 0.193 e. The van der Waals surface area contributed by atoms with E-state index in [1.807, 2.05) is 19.9 Å². The number of aromatic nitrogens is 2. The van der Waals surface area contributed by atoms with Crippen molar-refractivity contribution in [2.24, 2.45) is 10.7 Å². The summed E-state index contributed by atoms with van der Waals surface area (Å²) in [7, 11) is 3.18. The van der Waals surface area contributed by atoms with Crippen molar-refractivity contribution in [1.29, 1.82) is 0 Å². The third-order valence-electron chi connectivity index (χ3n) is 3.34. The molecule has 0 aliphatic rings. The molecule has 7 nitrogen and oxygen atoms in total. The summed E-state index contributed by atoms with van der Waals surface area (Å²) in [6.07, 6.45) is 0. The summed E-state index contributed by atoms with van der Waals surface area (Å²) in [6.45, 7) is 4.37. The maximum atomic E-state index is 5.92. The lowest BCUT2D eigenvalue weighted by molar-refractivity contribution is 0.355. The van der Waals surface area contributed by atoms with Gasteiger partial charge in [-0.25, -0.2) is 4.99 Å². The van der Waals surface area contributed by atoms with Gasteiger partial charge in [-0.05, 0) is 26.0 Å². The lowest BCUT2D eigenvalue weighted by Gasteiger charge is -2.11. The predicted molar refractivity (Wildman–Crippen MR) is 102 cm³/mol. The second kappa shape index (κ2) is 8.61. The highest BCUT2D eigenvalue weighted by molar-refractivity contribution is 14.0. The molecule has 0 spiro atoms. The SMILES string of the molecule is COc1ccc(NC(N)=NCc2c(C)n[nH]c2C)cc1OC.I. The highest BCUT2D eigenvalue weighted by atomic mass is 127. The number of ether oxygens (including phenoxy) is 2. The molecule has 0 amide bonds. The molecule has 0 fully saturated rings. The first-order valence-corrected chi connectivity index (χ1v) is 6.84. The predicted octanol–water partition coefficient (Wildman–Crippen LogP) is 2.59. The first-order chi connectivity index (χ1) is 10.5. The minimum Gasteiger partial charge on any atom is -0.493 e. The third kappa shape index (κ3) is 4.75. The lowest BCUT2D eigenvalue weighted by atomic mass is 10.2. The monoisotopic (exact) mass is 431 g/mol. The van der Waals surface area contributed by atoms with Crippen LogP contribution < -0.4 is 20.5 Å². The van der Waals surface area contributed by atoms with E-state index in [1.54, 1.807) is 26.4 Å². The van der Waals surface area contributed by atoms with E-state index >= 15 is 0 Å². The molecule has 0 unspecified atom stereocenters. The molecule has 0 radical (unpaired) electrons. The molecule has 1 aromatic heterocycles. The molecule has 126 valence electrons. The second-order valence-electron chi connectivity index (χ2n) is 4.81. The van der Waals surface area contributed by atoms with Gasteiger partial charge in [0, 0.05) is 23.0 Å². The van der Waals surface area contributed by atoms with E-state index in [4.69, 9.17) is 15.2 Å². The van der Waals surface area contributed by atoms with Crippen LogP contribution in [0.5, 0.6) is 11.5 Å². The van der Waals surface area contributed by atoms with Crippen LogP contribution >= 0.6 is 24.0 Å². The summed E-state index contributed by atoms with van der Waals surface area (Å²) in [5.41, 5.74) is 9.68. The molecule has 0 aliphatic heterocycles. The summed E-state index contributed by atoms with van der Waals surface area (Å²) in [6, 6.07) is 5.45. The standard InChI is InChI=1S/C15H21N5O2.HI/c1-9-12(10(2)20-19-9)8-17-15(16)18-11-5-6-13(21-3)14(7-11)22-4;/h5-7H,8H2,1-4H3,(H,19,20)(H3,16,17,18);1H. The zero-order valence-corrected chi connectivity index (χ0v) is 16.0. The Morgan fingerprint density at radius 3 is 2.52 bits per heavy atom. The number of aryl methyl sites for hydroxylation is 2. The topological polar surface area (TPSA) is 97.5 Å². The van der Waals surface area contributed by atoms with Crippen molar-refractivity contribution < 1.29 is 9.47 Å². The Morgan fingerprint density at radius 1 is 1.26 bits per heavy atom. The van der Waals surface area contributed by atoms with Crippen LogP contribution in [0.1, 0.15) is 17.0 Å². The zero-order chi connectivity index (χ0) is 16.1. The van der Waals surface area contributed by atoms with Gasteiger partial charge in [0.15, 0.2) is 17.5 Å². The molecule has 0 aliphatic carbocycles. The molecule has 8 heteroatoms. The molecule has 4 N–H and O–H groups in total. The Balaban J connectivity index is 0.00000264. The van der Waals surface area contributed by atoms with Crippen molar-refractivity contribution >= 4 is 35.6 Å². The quantitative estimate of drug-likeness (QED) is 0.384. The number of benzene rings is 1. The number of nitrogens with two attached hydrogens (primary N) is 1. The largest absolute Gasteiger partial charge is 0.493 e. The number of hydrogen-bond acceptors (Lipinski definition) is 4. The first kappa shape index (κ1) is 19.1. The fourth-order valence-electron chi connectivity index (χ4n) is 2.07. The highest BCUT2D eigenvalue weighted by Gasteiger charge is 2.07. The van der Waals surface area contributed by atoms with Gasteiger partial charge >= 0.3 is 0 Å². The number of H-pyrrole nitrogens is 1. The maximum Gasteiger partial charge on any atom is 0.193 e. The van der Waals surface area contributed by atoms with E-state index in [0.717, 1.165) is 22.6 Å². The number of anilines is 1. The molecule has 0 bridgehead atoms. The maximum absolute atomic E-state index is 5.92. The Kier molecular flexibility index (Phi) is 7.14. The molecule has 1 aromatic carbocycles. The number of halogens is 1. The Bertz CT molecular complexity index is 665. The molecule has 0 saturated heterocycles. The summed E-state index contributed by atoms with van der Waals surface area (Å²) >= 11 is 0. The summed E-state index contributed by atoms with van der Waals surface area (Å²) in [4.78, 5) is 4.33. The molecule has 0 saturated carbocycles. The van der Waals surface area contributed by atoms with E-state index in [-0.39, 0.29) is 24.0 Å². The average molecular weight is 431 g/mol. The summed E-state index contributed by atoms with van der Waals surface area (Å²) in [5, 5.41) is 10.1. The number of methoxy groups -OCH3 is 2. The van der Waals surface area contributed by atoms with Crippen LogP contribution in [0.2, 0.25) is 0 Å². The minimum absolute atomic E-state index is 0. The summed E-state index contributed by atoms with van der Waals surface area (Å²) < 4.78 is 10.4. The van der Waals surface area contributed by atoms with Gasteiger partial charge < -0.3 is 20.5 Å². The fourth-order valence-corrected chi connectivity index (χ4v) is 2.07. The van der Waals surface area contributed by atoms with Gasteiger partial charge in [-0.2, -0.15) is 5.10 Å². The third-order valence-corrected chi connectivity index (χ3v) is 3.34. The summed E-state index contributed by atoms with van der Waals surface area (Å²) in [5.74, 6) is 1.61. The Labute approximate surface area is 152 Å². The first-order valence-electron chi connectivity index (χ1n) is 6.84. The second-order valence-corrected chi connectivity index (χ2v) is 4.81. The number of nitrogens with zero attached hydrogens (tertiary/aromatic N) is 2. The minimum atomic E-state index is 0. The van der Waals surface area contributed by atoms with Gasteiger partial charge in [0.2, 0.25) is 0 Å². The van der Waals surface area contributed by atoms with Crippen LogP contribution in [0.25, 0.3) is 0 Å². The van der Waals surface area contributed by atoms with E-state index in [2.05, 4.69) is 20.5 Å². The molecule has 1 heterocycles. The van der Waals surface area contributed by atoms with Crippen LogP contribution in [-0.2, 0) is 6.54 Å². The molecule has 23 heavy (non-hydrogen) atoms. The van der Waals surface area contributed by atoms with Crippen molar-refractivity contribution in [3.63, 3.8) is 0 Å². The number of hydrogen-bond donors (Lipinski definition) is 3. The number of aromatic amines is 1. The average Bonchev–Trinajstić information content (AvgIpc) is 2.83. The molecule has 2 aromatic rings. The fraction of sp³-hybridized carbons (Fsp3) is 0.333. The van der Waals surface area contributed by atoms with Crippen LogP contribution in [0.3, 0.4) is 0 Å². The molecule has 0 atom stereocenters. The molecular weight excluding hydrogens is 409 g/mol. The van der Waals surface area contributed by atoms with Gasteiger partial charge in [0.25, 0.3) is 0 Å². The van der Waals surface area contributed by atoms with Crippen molar-refractivity contribution in [2.75, 3.05) is 19.5 Å². The normalized spacial score (nSPS) is 10.9. The van der Waals surface area contributed by atoms with E-state index in [0.29, 0.717) is 24.0 Å². The number of aliphatic imine (C=N–C) groups is 1. The van der Waals surface area contributed by atoms with E-state index < -0.39 is 0 Å². The van der Waals surface area contributed by atoms with Crippen LogP contribution in [0.15, 0.2) is 23.2 Å². The van der Waals surface area contributed by atoms with Gasteiger partial charge in [-0.15, -0.1) is 24.0 Å². The van der Waals surface area contributed by atoms with Crippen molar-refractivity contribution in [1.82, 2.24) is 10.2 Å². The van der Waals surface area contributed by atoms with E-state index in [9.17, 15) is 0 Å². The molecular formula is C15H22IN5O2. The number of guanidine groups is 1.